The highest BCUT2D eigenvalue weighted by Gasteiger charge is 2.59. The number of hydrogen-bond donors (Lipinski definition) is 2. The Morgan fingerprint density at radius 1 is 1.21 bits per heavy atom. The molecule has 1 saturated carbocycles. The molecule has 0 radical (unpaired) electrons. The smallest absolute Gasteiger partial charge is 0.259 e. The zero-order valence-corrected chi connectivity index (χ0v) is 19.9. The molecule has 6 rings (SSSR count). The number of carbonyl (C=O) groups is 1. The largest absolute Gasteiger partial charge is 0.317 e. The molecule has 3 fully saturated rings. The van der Waals surface area contributed by atoms with E-state index in [1.54, 1.807) is 6.07 Å². The Hall–Kier alpha value is -3.06. The van der Waals surface area contributed by atoms with Gasteiger partial charge >= 0.3 is 0 Å². The van der Waals surface area contributed by atoms with Gasteiger partial charge in [0.05, 0.1) is 28.1 Å². The molecule has 34 heavy (non-hydrogen) atoms. The number of fused-ring (bicyclic) bond motifs is 1. The van der Waals surface area contributed by atoms with Gasteiger partial charge < -0.3 is 10.2 Å². The van der Waals surface area contributed by atoms with E-state index in [9.17, 15) is 4.79 Å². The maximum Gasteiger partial charge on any atom is 0.259 e. The van der Waals surface area contributed by atoms with E-state index in [2.05, 4.69) is 26.6 Å². The maximum atomic E-state index is 13.7. The zero-order valence-electron chi connectivity index (χ0n) is 18.3. The van der Waals surface area contributed by atoms with Gasteiger partial charge in [-0.3, -0.25) is 14.8 Å². The van der Waals surface area contributed by atoms with E-state index >= 15 is 0 Å². The van der Waals surface area contributed by atoms with Crippen LogP contribution < -0.4 is 15.1 Å². The third kappa shape index (κ3) is 3.06. The predicted octanol–water partition coefficient (Wildman–Crippen LogP) is 4.01. The molecule has 3 aliphatic rings. The first kappa shape index (κ1) is 21.5. The Labute approximate surface area is 206 Å². The van der Waals surface area contributed by atoms with Crippen molar-refractivity contribution in [3.63, 3.8) is 0 Å². The van der Waals surface area contributed by atoms with Gasteiger partial charge in [-0.15, -0.1) is 0 Å². The third-order valence-corrected chi connectivity index (χ3v) is 8.00. The topological polar surface area (TPSA) is 101 Å². The van der Waals surface area contributed by atoms with E-state index < -0.39 is 5.54 Å². The molecule has 1 spiro atoms. The number of aromatic nitrogens is 3. The van der Waals surface area contributed by atoms with E-state index in [4.69, 9.17) is 29.1 Å². The fourth-order valence-corrected chi connectivity index (χ4v) is 6.08. The van der Waals surface area contributed by atoms with Crippen LogP contribution in [0.4, 0.5) is 11.4 Å². The maximum absolute atomic E-state index is 13.7. The van der Waals surface area contributed by atoms with Crippen molar-refractivity contribution in [1.29, 1.82) is 5.26 Å². The highest BCUT2D eigenvalue weighted by molar-refractivity contribution is 7.81. The van der Waals surface area contributed by atoms with Gasteiger partial charge in [0, 0.05) is 17.0 Å². The number of hydrogen-bond acceptors (Lipinski definition) is 6. The average Bonchev–Trinajstić information content (AvgIpc) is 3.35. The summed E-state index contributed by atoms with van der Waals surface area (Å²) in [6, 6.07) is 9.67. The van der Waals surface area contributed by atoms with E-state index in [1.165, 1.54) is 11.1 Å². The summed E-state index contributed by atoms with van der Waals surface area (Å²) in [4.78, 5) is 21.4. The molecule has 1 amide bonds. The molecule has 2 aliphatic heterocycles. The van der Waals surface area contributed by atoms with Gasteiger partial charge in [-0.25, -0.2) is 4.98 Å². The number of aromatic amines is 1. The molecule has 1 aliphatic carbocycles. The standard InChI is InChI=1S/C24H22ClN7OS/c25-18-11-16(13-28-20(18)12-26)31-22(33)24(6-1-7-24)32(23(31)34)15-2-3-19-17(10-15)21(30-29-19)14-4-8-27-9-5-14/h2-3,10-11,13-14,27H,1,4-9H2,(H,29,30). The SMILES string of the molecule is N#Cc1ncc(N2C(=O)C3(CCC3)N(c3ccc4[nH]nc(C5CCNCC5)c4c3)C2=S)cc1Cl. The number of rotatable bonds is 3. The highest BCUT2D eigenvalue weighted by atomic mass is 35.5. The van der Waals surface area contributed by atoms with E-state index in [1.807, 2.05) is 23.1 Å². The van der Waals surface area contributed by atoms with Crippen molar-refractivity contribution in [3.05, 3.63) is 46.9 Å². The van der Waals surface area contributed by atoms with Crippen LogP contribution in [-0.4, -0.2) is 44.8 Å². The summed E-state index contributed by atoms with van der Waals surface area (Å²) in [6.45, 7) is 1.98. The molecule has 0 atom stereocenters. The second-order valence-corrected chi connectivity index (χ2v) is 9.91. The van der Waals surface area contributed by atoms with Crippen molar-refractivity contribution >= 4 is 57.1 Å². The molecule has 10 heteroatoms. The summed E-state index contributed by atoms with van der Waals surface area (Å²) in [5.74, 6) is 0.329. The van der Waals surface area contributed by atoms with E-state index in [0.717, 1.165) is 67.5 Å². The molecule has 2 saturated heterocycles. The number of piperidine rings is 1. The van der Waals surface area contributed by atoms with Crippen LogP contribution in [0.2, 0.25) is 5.02 Å². The number of anilines is 2. The molecule has 172 valence electrons. The van der Waals surface area contributed by atoms with Gasteiger partial charge in [-0.05, 0) is 81.7 Å². The van der Waals surface area contributed by atoms with Crippen LogP contribution in [0.5, 0.6) is 0 Å². The first-order chi connectivity index (χ1) is 16.5. The number of thiocarbonyl (C=S) groups is 1. The van der Waals surface area contributed by atoms with Crippen LogP contribution in [0.25, 0.3) is 10.9 Å². The third-order valence-electron chi connectivity index (χ3n) is 7.34. The predicted molar refractivity (Wildman–Crippen MR) is 134 cm³/mol. The Kier molecular flexibility index (Phi) is 5.06. The Morgan fingerprint density at radius 3 is 2.68 bits per heavy atom. The first-order valence-corrected chi connectivity index (χ1v) is 12.3. The summed E-state index contributed by atoms with van der Waals surface area (Å²) < 4.78 is 0. The number of carbonyl (C=O) groups excluding carboxylic acids is 1. The minimum absolute atomic E-state index is 0.0720. The van der Waals surface area contributed by atoms with Gasteiger partial charge in [0.1, 0.15) is 11.6 Å². The lowest BCUT2D eigenvalue weighted by atomic mass is 9.75. The van der Waals surface area contributed by atoms with Crippen molar-refractivity contribution in [2.24, 2.45) is 0 Å². The number of H-pyrrole nitrogens is 1. The Balaban J connectivity index is 1.42. The Bertz CT molecular complexity index is 1370. The zero-order chi connectivity index (χ0) is 23.4. The van der Waals surface area contributed by atoms with E-state index in [0.29, 0.717) is 16.7 Å². The Morgan fingerprint density at radius 2 is 2.00 bits per heavy atom. The van der Waals surface area contributed by atoms with Gasteiger partial charge in [0.25, 0.3) is 5.91 Å². The van der Waals surface area contributed by atoms with Crippen LogP contribution >= 0.6 is 23.8 Å². The van der Waals surface area contributed by atoms with Crippen molar-refractivity contribution in [3.8, 4) is 6.07 Å². The number of halogens is 1. The molecular weight excluding hydrogens is 470 g/mol. The number of amides is 1. The highest BCUT2D eigenvalue weighted by Crippen LogP contribution is 2.48. The lowest BCUT2D eigenvalue weighted by Crippen LogP contribution is -2.55. The lowest BCUT2D eigenvalue weighted by molar-refractivity contribution is -0.123. The molecular formula is C24H22ClN7OS. The van der Waals surface area contributed by atoms with Crippen molar-refractivity contribution in [1.82, 2.24) is 20.5 Å². The quantitative estimate of drug-likeness (QED) is 0.534. The summed E-state index contributed by atoms with van der Waals surface area (Å²) in [7, 11) is 0. The van der Waals surface area contributed by atoms with E-state index in [-0.39, 0.29) is 16.6 Å². The second-order valence-electron chi connectivity index (χ2n) is 9.14. The van der Waals surface area contributed by atoms with Gasteiger partial charge in [-0.1, -0.05) is 11.6 Å². The summed E-state index contributed by atoms with van der Waals surface area (Å²) in [6.07, 6.45) is 6.00. The van der Waals surface area contributed by atoms with Crippen LogP contribution in [0.3, 0.4) is 0 Å². The second kappa shape index (κ2) is 8.01. The van der Waals surface area contributed by atoms with Gasteiger partial charge in [0.2, 0.25) is 0 Å². The fraction of sp³-hybridized carbons (Fsp3) is 0.375. The van der Waals surface area contributed by atoms with Crippen LogP contribution in [0.15, 0.2) is 30.5 Å². The first-order valence-electron chi connectivity index (χ1n) is 11.5. The molecule has 3 aromatic rings. The average molecular weight is 492 g/mol. The molecule has 2 N–H and O–H groups in total. The van der Waals surface area contributed by atoms with Gasteiger partial charge in [-0.2, -0.15) is 10.4 Å². The van der Waals surface area contributed by atoms with Crippen LogP contribution in [0, 0.1) is 11.3 Å². The van der Waals surface area contributed by atoms with Crippen molar-refractivity contribution in [2.45, 2.75) is 43.6 Å². The monoisotopic (exact) mass is 491 g/mol. The summed E-state index contributed by atoms with van der Waals surface area (Å²) >= 11 is 12.1. The summed E-state index contributed by atoms with van der Waals surface area (Å²) in [5, 5.41) is 22.1. The van der Waals surface area contributed by atoms with Crippen molar-refractivity contribution in [2.75, 3.05) is 22.9 Å². The minimum atomic E-state index is -0.705. The molecule has 4 heterocycles. The molecule has 2 aromatic heterocycles. The number of benzene rings is 1. The fourth-order valence-electron chi connectivity index (χ4n) is 5.41. The van der Waals surface area contributed by atoms with Crippen LogP contribution in [0.1, 0.15) is 49.4 Å². The lowest BCUT2D eigenvalue weighted by Gasteiger charge is -2.43. The number of nitriles is 1. The molecule has 8 nitrogen and oxygen atoms in total. The number of nitrogens with zero attached hydrogens (tertiary/aromatic N) is 5. The normalized spacial score (nSPS) is 20.2. The molecule has 0 bridgehead atoms. The minimum Gasteiger partial charge on any atom is -0.317 e. The van der Waals surface area contributed by atoms with Crippen LogP contribution in [-0.2, 0) is 4.79 Å². The van der Waals surface area contributed by atoms with Crippen molar-refractivity contribution < 1.29 is 4.79 Å². The number of pyridine rings is 1. The molecule has 0 unspecified atom stereocenters. The van der Waals surface area contributed by atoms with Gasteiger partial charge in [0.15, 0.2) is 10.8 Å². The molecule has 1 aromatic carbocycles. The summed E-state index contributed by atoms with van der Waals surface area (Å²) in [5.41, 5.74) is 2.84. The number of nitrogens with one attached hydrogen (secondary N) is 2.